The number of carbonyl (C=O) groups excluding carboxylic acids is 1. The molecule has 0 fully saturated rings. The molecule has 3 heteroatoms. The van der Waals surface area contributed by atoms with Crippen molar-refractivity contribution in [3.05, 3.63) is 66.2 Å². The summed E-state index contributed by atoms with van der Waals surface area (Å²) in [5.41, 5.74) is 0.190. The predicted molar refractivity (Wildman–Crippen MR) is 65.9 cm³/mol. The molecular formula is C14H14O3. The SMILES string of the molecule is COC(=O)c1ccccc1O.c1ccccc1. The lowest BCUT2D eigenvalue weighted by atomic mass is 10.2. The maximum atomic E-state index is 10.9. The summed E-state index contributed by atoms with van der Waals surface area (Å²) >= 11 is 0. The van der Waals surface area contributed by atoms with Crippen LogP contribution >= 0.6 is 0 Å². The van der Waals surface area contributed by atoms with Crippen LogP contribution in [0.4, 0.5) is 0 Å². The van der Waals surface area contributed by atoms with Gasteiger partial charge in [0.15, 0.2) is 0 Å². The van der Waals surface area contributed by atoms with Crippen molar-refractivity contribution in [2.75, 3.05) is 7.11 Å². The third-order valence-electron chi connectivity index (χ3n) is 1.98. The Kier molecular flexibility index (Phi) is 5.31. The quantitative estimate of drug-likeness (QED) is 0.766. The zero-order valence-corrected chi connectivity index (χ0v) is 9.54. The summed E-state index contributed by atoms with van der Waals surface area (Å²) in [6, 6.07) is 18.2. The number of methoxy groups -OCH3 is 1. The summed E-state index contributed by atoms with van der Waals surface area (Å²) in [6.07, 6.45) is 0. The highest BCUT2D eigenvalue weighted by Crippen LogP contribution is 2.15. The number of aromatic hydroxyl groups is 1. The van der Waals surface area contributed by atoms with E-state index < -0.39 is 5.97 Å². The van der Waals surface area contributed by atoms with Gasteiger partial charge in [0.2, 0.25) is 0 Å². The number of carbonyl (C=O) groups is 1. The Morgan fingerprint density at radius 1 is 0.941 bits per heavy atom. The molecule has 0 unspecified atom stereocenters. The Balaban J connectivity index is 0.000000202. The van der Waals surface area contributed by atoms with Crippen molar-refractivity contribution >= 4 is 5.97 Å². The lowest BCUT2D eigenvalue weighted by Crippen LogP contribution is -2.00. The second-order valence-electron chi connectivity index (χ2n) is 3.16. The molecule has 2 aromatic carbocycles. The predicted octanol–water partition coefficient (Wildman–Crippen LogP) is 2.87. The van der Waals surface area contributed by atoms with Crippen molar-refractivity contribution in [3.8, 4) is 5.75 Å². The molecular weight excluding hydrogens is 216 g/mol. The molecule has 0 amide bonds. The normalized spacial score (nSPS) is 8.76. The van der Waals surface area contributed by atoms with Gasteiger partial charge < -0.3 is 9.84 Å². The number of phenolic OH excluding ortho intramolecular Hbond substituents is 1. The Hall–Kier alpha value is -2.29. The second kappa shape index (κ2) is 7.06. The van der Waals surface area contributed by atoms with E-state index >= 15 is 0 Å². The smallest absolute Gasteiger partial charge is 0.341 e. The lowest BCUT2D eigenvalue weighted by molar-refractivity contribution is 0.0597. The van der Waals surface area contributed by atoms with Gasteiger partial charge in [0.1, 0.15) is 11.3 Å². The van der Waals surface area contributed by atoms with Crippen LogP contribution in [0.2, 0.25) is 0 Å². The fourth-order valence-electron chi connectivity index (χ4n) is 1.14. The van der Waals surface area contributed by atoms with Crippen LogP contribution in [0.25, 0.3) is 0 Å². The number of esters is 1. The minimum atomic E-state index is -0.525. The van der Waals surface area contributed by atoms with Crippen molar-refractivity contribution in [2.24, 2.45) is 0 Å². The van der Waals surface area contributed by atoms with Gasteiger partial charge in [-0.1, -0.05) is 48.5 Å². The van der Waals surface area contributed by atoms with Gasteiger partial charge in [0.25, 0.3) is 0 Å². The monoisotopic (exact) mass is 230 g/mol. The Morgan fingerprint density at radius 2 is 1.41 bits per heavy atom. The van der Waals surface area contributed by atoms with E-state index in [0.29, 0.717) is 0 Å². The number of para-hydroxylation sites is 1. The Morgan fingerprint density at radius 3 is 1.82 bits per heavy atom. The molecule has 88 valence electrons. The maximum absolute atomic E-state index is 10.9. The molecule has 0 aliphatic carbocycles. The summed E-state index contributed by atoms with van der Waals surface area (Å²) in [6.45, 7) is 0. The molecule has 0 atom stereocenters. The highest BCUT2D eigenvalue weighted by Gasteiger charge is 2.08. The first kappa shape index (κ1) is 12.8. The van der Waals surface area contributed by atoms with E-state index in [2.05, 4.69) is 4.74 Å². The van der Waals surface area contributed by atoms with Crippen LogP contribution < -0.4 is 0 Å². The van der Waals surface area contributed by atoms with Crippen molar-refractivity contribution < 1.29 is 14.6 Å². The number of rotatable bonds is 1. The van der Waals surface area contributed by atoms with Crippen LogP contribution in [-0.2, 0) is 4.74 Å². The van der Waals surface area contributed by atoms with Crippen LogP contribution in [0.15, 0.2) is 60.7 Å². The summed E-state index contributed by atoms with van der Waals surface area (Å²) < 4.78 is 4.42. The molecule has 0 radical (unpaired) electrons. The van der Waals surface area contributed by atoms with E-state index in [1.807, 2.05) is 36.4 Å². The number of benzene rings is 2. The number of hydrogen-bond acceptors (Lipinski definition) is 3. The first-order valence-electron chi connectivity index (χ1n) is 5.12. The van der Waals surface area contributed by atoms with Crippen LogP contribution in [0.5, 0.6) is 5.75 Å². The Labute approximate surface area is 100 Å². The van der Waals surface area contributed by atoms with Crippen LogP contribution in [0, 0.1) is 0 Å². The molecule has 17 heavy (non-hydrogen) atoms. The van der Waals surface area contributed by atoms with Crippen molar-refractivity contribution in [1.82, 2.24) is 0 Å². The lowest BCUT2D eigenvalue weighted by Gasteiger charge is -1.99. The van der Waals surface area contributed by atoms with Crippen LogP contribution in [0.3, 0.4) is 0 Å². The minimum absolute atomic E-state index is 0.0562. The topological polar surface area (TPSA) is 46.5 Å². The van der Waals surface area contributed by atoms with Crippen LogP contribution in [-0.4, -0.2) is 18.2 Å². The molecule has 0 saturated carbocycles. The molecule has 0 bridgehead atoms. The van der Waals surface area contributed by atoms with Gasteiger partial charge in [-0.05, 0) is 12.1 Å². The Bertz CT molecular complexity index is 425. The molecule has 2 aromatic rings. The van der Waals surface area contributed by atoms with E-state index in [0.717, 1.165) is 0 Å². The maximum Gasteiger partial charge on any atom is 0.341 e. The molecule has 1 N–H and O–H groups in total. The molecule has 0 spiro atoms. The van der Waals surface area contributed by atoms with E-state index in [4.69, 9.17) is 5.11 Å². The minimum Gasteiger partial charge on any atom is -0.507 e. The van der Waals surface area contributed by atoms with E-state index in [-0.39, 0.29) is 11.3 Å². The standard InChI is InChI=1S/C8H8O3.C6H6/c1-11-8(10)6-4-2-3-5-7(6)9;1-2-4-6-5-3-1/h2-5,9H,1H3;1-6H. The summed E-state index contributed by atoms with van der Waals surface area (Å²) in [4.78, 5) is 10.9. The zero-order valence-electron chi connectivity index (χ0n) is 9.54. The second-order valence-corrected chi connectivity index (χ2v) is 3.16. The fraction of sp³-hybridized carbons (Fsp3) is 0.0714. The first-order chi connectivity index (χ1) is 8.25. The van der Waals surface area contributed by atoms with E-state index in [1.54, 1.807) is 12.1 Å². The molecule has 0 saturated heterocycles. The highest BCUT2D eigenvalue weighted by atomic mass is 16.5. The largest absolute Gasteiger partial charge is 0.507 e. The van der Waals surface area contributed by atoms with Crippen LogP contribution in [0.1, 0.15) is 10.4 Å². The molecule has 2 rings (SSSR count). The average molecular weight is 230 g/mol. The van der Waals surface area contributed by atoms with Gasteiger partial charge in [-0.2, -0.15) is 0 Å². The van der Waals surface area contributed by atoms with Gasteiger partial charge in [-0.25, -0.2) is 4.79 Å². The molecule has 0 aromatic heterocycles. The molecule has 0 aliphatic heterocycles. The number of ether oxygens (including phenoxy) is 1. The summed E-state index contributed by atoms with van der Waals surface area (Å²) in [5.74, 6) is -0.581. The highest BCUT2D eigenvalue weighted by molar-refractivity contribution is 5.92. The van der Waals surface area contributed by atoms with Gasteiger partial charge in [0, 0.05) is 0 Å². The van der Waals surface area contributed by atoms with Crippen molar-refractivity contribution in [1.29, 1.82) is 0 Å². The molecule has 3 nitrogen and oxygen atoms in total. The summed E-state index contributed by atoms with van der Waals surface area (Å²) in [5, 5.41) is 9.11. The van der Waals surface area contributed by atoms with Crippen molar-refractivity contribution in [3.63, 3.8) is 0 Å². The molecule has 0 aliphatic rings. The fourth-order valence-corrected chi connectivity index (χ4v) is 1.14. The summed E-state index contributed by atoms with van der Waals surface area (Å²) in [7, 11) is 1.27. The third kappa shape index (κ3) is 4.38. The van der Waals surface area contributed by atoms with Crippen molar-refractivity contribution in [2.45, 2.75) is 0 Å². The van der Waals surface area contributed by atoms with Gasteiger partial charge >= 0.3 is 5.97 Å². The van der Waals surface area contributed by atoms with Gasteiger partial charge in [-0.3, -0.25) is 0 Å². The third-order valence-corrected chi connectivity index (χ3v) is 1.98. The van der Waals surface area contributed by atoms with E-state index in [1.165, 1.54) is 19.2 Å². The molecule has 0 heterocycles. The zero-order chi connectivity index (χ0) is 12.5. The number of phenols is 1. The number of hydrogen-bond donors (Lipinski definition) is 1. The average Bonchev–Trinajstić information content (AvgIpc) is 2.41. The van der Waals surface area contributed by atoms with Gasteiger partial charge in [-0.15, -0.1) is 0 Å². The van der Waals surface area contributed by atoms with Gasteiger partial charge in [0.05, 0.1) is 7.11 Å². The van der Waals surface area contributed by atoms with E-state index in [9.17, 15) is 4.79 Å². The first-order valence-corrected chi connectivity index (χ1v) is 5.12.